The summed E-state index contributed by atoms with van der Waals surface area (Å²) in [6, 6.07) is 8.04. The van der Waals surface area contributed by atoms with E-state index in [-0.39, 0.29) is 12.5 Å². The number of alkyl halides is 3. The number of benzene rings is 1. The van der Waals surface area contributed by atoms with Crippen molar-refractivity contribution >= 4 is 0 Å². The van der Waals surface area contributed by atoms with Gasteiger partial charge in [0.25, 0.3) is 0 Å². The maximum Gasteiger partial charge on any atom is 0.389 e. The third kappa shape index (κ3) is 6.94. The van der Waals surface area contributed by atoms with Crippen LogP contribution in [0.4, 0.5) is 13.2 Å². The molecule has 20 heavy (non-hydrogen) atoms. The summed E-state index contributed by atoms with van der Waals surface area (Å²) in [7, 11) is 0. The smallest absolute Gasteiger partial charge is 0.314 e. The molecule has 0 bridgehead atoms. The normalized spacial score (nSPS) is 13.4. The average Bonchev–Trinajstić information content (AvgIpc) is 2.41. The highest BCUT2D eigenvalue weighted by Gasteiger charge is 2.28. The fraction of sp³-hybridized carbons (Fsp3) is 0.625. The lowest BCUT2D eigenvalue weighted by Crippen LogP contribution is -2.33. The molecular weight excluding hydrogens is 263 g/mol. The molecule has 1 rings (SSSR count). The number of hydrogen-bond donors (Lipinski definition) is 1. The lowest BCUT2D eigenvalue weighted by Gasteiger charge is -2.19. The van der Waals surface area contributed by atoms with E-state index in [1.165, 1.54) is 5.56 Å². The maximum atomic E-state index is 12.3. The molecule has 0 spiro atoms. The molecule has 0 aliphatic carbocycles. The lowest BCUT2D eigenvalue weighted by molar-refractivity contribution is -0.136. The standard InChI is InChI=1S/C16H24F3N/c1-3-11-20-15(9-10-16(17,18)19)12-14-7-5-13(4-2)6-8-14/h5-8,15,20H,3-4,9-12H2,1-2H3. The Morgan fingerprint density at radius 3 is 2.15 bits per heavy atom. The second-order valence-corrected chi connectivity index (χ2v) is 5.18. The Labute approximate surface area is 119 Å². The molecule has 1 nitrogen and oxygen atoms in total. The highest BCUT2D eigenvalue weighted by molar-refractivity contribution is 5.23. The summed E-state index contributed by atoms with van der Waals surface area (Å²) in [4.78, 5) is 0. The van der Waals surface area contributed by atoms with E-state index < -0.39 is 12.6 Å². The van der Waals surface area contributed by atoms with Crippen LogP contribution in [0.25, 0.3) is 0 Å². The van der Waals surface area contributed by atoms with Gasteiger partial charge in [-0.05, 0) is 43.4 Å². The summed E-state index contributed by atoms with van der Waals surface area (Å²) < 4.78 is 37.0. The largest absolute Gasteiger partial charge is 0.389 e. The quantitative estimate of drug-likeness (QED) is 0.742. The molecule has 0 fully saturated rings. The predicted molar refractivity (Wildman–Crippen MR) is 76.9 cm³/mol. The fourth-order valence-electron chi connectivity index (χ4n) is 2.16. The molecule has 0 aromatic heterocycles. The molecule has 0 amide bonds. The second kappa shape index (κ2) is 8.30. The van der Waals surface area contributed by atoms with Crippen LogP contribution in [0.15, 0.2) is 24.3 Å². The van der Waals surface area contributed by atoms with E-state index >= 15 is 0 Å². The molecule has 0 aliphatic rings. The van der Waals surface area contributed by atoms with Crippen LogP contribution in [0.5, 0.6) is 0 Å². The minimum Gasteiger partial charge on any atom is -0.314 e. The van der Waals surface area contributed by atoms with Gasteiger partial charge in [-0.2, -0.15) is 13.2 Å². The van der Waals surface area contributed by atoms with E-state index in [2.05, 4.69) is 24.4 Å². The van der Waals surface area contributed by atoms with Gasteiger partial charge >= 0.3 is 6.18 Å². The molecule has 1 N–H and O–H groups in total. The van der Waals surface area contributed by atoms with E-state index in [4.69, 9.17) is 0 Å². The molecule has 0 saturated heterocycles. The third-order valence-corrected chi connectivity index (χ3v) is 3.37. The van der Waals surface area contributed by atoms with E-state index in [9.17, 15) is 13.2 Å². The first-order valence-corrected chi connectivity index (χ1v) is 7.32. The first-order valence-electron chi connectivity index (χ1n) is 7.32. The van der Waals surface area contributed by atoms with Crippen molar-refractivity contribution in [3.05, 3.63) is 35.4 Å². The van der Waals surface area contributed by atoms with Gasteiger partial charge in [0.15, 0.2) is 0 Å². The van der Waals surface area contributed by atoms with Gasteiger partial charge in [-0.25, -0.2) is 0 Å². The number of halogens is 3. The summed E-state index contributed by atoms with van der Waals surface area (Å²) in [6.07, 6.45) is -2.10. The molecule has 0 radical (unpaired) electrons. The van der Waals surface area contributed by atoms with Gasteiger partial charge in [0.05, 0.1) is 0 Å². The predicted octanol–water partition coefficient (Wildman–Crippen LogP) is 4.50. The number of hydrogen-bond acceptors (Lipinski definition) is 1. The highest BCUT2D eigenvalue weighted by atomic mass is 19.4. The Bertz CT molecular complexity index is 370. The van der Waals surface area contributed by atoms with Crippen molar-refractivity contribution in [2.24, 2.45) is 0 Å². The molecule has 0 aliphatic heterocycles. The number of aryl methyl sites for hydroxylation is 1. The van der Waals surface area contributed by atoms with E-state index in [0.29, 0.717) is 6.42 Å². The van der Waals surface area contributed by atoms with Gasteiger partial charge in [-0.1, -0.05) is 38.1 Å². The van der Waals surface area contributed by atoms with Gasteiger partial charge in [0.1, 0.15) is 0 Å². The van der Waals surface area contributed by atoms with E-state index in [0.717, 1.165) is 24.9 Å². The summed E-state index contributed by atoms with van der Waals surface area (Å²) in [5.41, 5.74) is 2.35. The average molecular weight is 287 g/mol. The van der Waals surface area contributed by atoms with Gasteiger partial charge in [-0.15, -0.1) is 0 Å². The van der Waals surface area contributed by atoms with Crippen LogP contribution in [0.3, 0.4) is 0 Å². The van der Waals surface area contributed by atoms with Crippen molar-refractivity contribution in [1.82, 2.24) is 5.32 Å². The van der Waals surface area contributed by atoms with Gasteiger partial charge in [0, 0.05) is 12.5 Å². The van der Waals surface area contributed by atoms with Crippen molar-refractivity contribution in [2.75, 3.05) is 6.54 Å². The Kier molecular flexibility index (Phi) is 7.06. The minimum absolute atomic E-state index is 0.107. The maximum absolute atomic E-state index is 12.3. The molecule has 114 valence electrons. The van der Waals surface area contributed by atoms with Crippen LogP contribution in [-0.4, -0.2) is 18.8 Å². The highest BCUT2D eigenvalue weighted by Crippen LogP contribution is 2.23. The first-order chi connectivity index (χ1) is 9.44. The van der Waals surface area contributed by atoms with Crippen molar-refractivity contribution in [1.29, 1.82) is 0 Å². The van der Waals surface area contributed by atoms with Crippen molar-refractivity contribution in [3.8, 4) is 0 Å². The second-order valence-electron chi connectivity index (χ2n) is 5.18. The zero-order valence-corrected chi connectivity index (χ0v) is 12.3. The molecule has 1 unspecified atom stereocenters. The molecular formula is C16H24F3N. The Morgan fingerprint density at radius 1 is 1.05 bits per heavy atom. The zero-order valence-electron chi connectivity index (χ0n) is 12.3. The molecule has 1 atom stereocenters. The lowest BCUT2D eigenvalue weighted by atomic mass is 10.00. The van der Waals surface area contributed by atoms with Gasteiger partial charge in [-0.3, -0.25) is 0 Å². The van der Waals surface area contributed by atoms with Crippen LogP contribution < -0.4 is 5.32 Å². The molecule has 1 aromatic rings. The van der Waals surface area contributed by atoms with Crippen molar-refractivity contribution < 1.29 is 13.2 Å². The van der Waals surface area contributed by atoms with Crippen molar-refractivity contribution in [3.63, 3.8) is 0 Å². The SMILES string of the molecule is CCCNC(CCC(F)(F)F)Cc1ccc(CC)cc1. The van der Waals surface area contributed by atoms with Crippen LogP contribution >= 0.6 is 0 Å². The van der Waals surface area contributed by atoms with E-state index in [1.54, 1.807) is 0 Å². The molecule has 0 saturated carbocycles. The van der Waals surface area contributed by atoms with E-state index in [1.807, 2.05) is 19.1 Å². The number of rotatable bonds is 8. The fourth-order valence-corrected chi connectivity index (χ4v) is 2.16. The third-order valence-electron chi connectivity index (χ3n) is 3.37. The minimum atomic E-state index is -4.07. The van der Waals surface area contributed by atoms with Gasteiger partial charge < -0.3 is 5.32 Å². The Hall–Kier alpha value is -1.03. The summed E-state index contributed by atoms with van der Waals surface area (Å²) in [5, 5.41) is 3.22. The number of nitrogens with one attached hydrogen (secondary N) is 1. The molecule has 4 heteroatoms. The van der Waals surface area contributed by atoms with Crippen LogP contribution in [-0.2, 0) is 12.8 Å². The Morgan fingerprint density at radius 2 is 1.65 bits per heavy atom. The molecule has 0 heterocycles. The van der Waals surface area contributed by atoms with Crippen molar-refractivity contribution in [2.45, 2.75) is 58.2 Å². The monoisotopic (exact) mass is 287 g/mol. The first kappa shape index (κ1) is 17.0. The van der Waals surface area contributed by atoms with Crippen LogP contribution in [0, 0.1) is 0 Å². The summed E-state index contributed by atoms with van der Waals surface area (Å²) in [6.45, 7) is 4.86. The van der Waals surface area contributed by atoms with Crippen LogP contribution in [0.2, 0.25) is 0 Å². The summed E-state index contributed by atoms with van der Waals surface area (Å²) >= 11 is 0. The molecule has 1 aromatic carbocycles. The van der Waals surface area contributed by atoms with Crippen LogP contribution in [0.1, 0.15) is 44.2 Å². The van der Waals surface area contributed by atoms with Gasteiger partial charge in [0.2, 0.25) is 0 Å². The Balaban J connectivity index is 2.57. The topological polar surface area (TPSA) is 12.0 Å². The summed E-state index contributed by atoms with van der Waals surface area (Å²) in [5.74, 6) is 0. The zero-order chi connectivity index (χ0) is 15.0.